The molecule has 0 bridgehead atoms. The first-order chi connectivity index (χ1) is 14.2. The van der Waals surface area contributed by atoms with Crippen molar-refractivity contribution >= 4 is 5.57 Å². The van der Waals surface area contributed by atoms with Crippen LogP contribution in [0, 0.1) is 11.8 Å². The van der Waals surface area contributed by atoms with Crippen molar-refractivity contribution < 1.29 is 0 Å². The number of rotatable bonds is 6. The van der Waals surface area contributed by atoms with Crippen LogP contribution in [0.1, 0.15) is 42.9 Å². The highest BCUT2D eigenvalue weighted by molar-refractivity contribution is 5.68. The van der Waals surface area contributed by atoms with Crippen LogP contribution < -0.4 is 0 Å². The number of hydrogen-bond donors (Lipinski definition) is 0. The lowest BCUT2D eigenvalue weighted by atomic mass is 9.97. The molecule has 0 amide bonds. The van der Waals surface area contributed by atoms with Crippen molar-refractivity contribution in [1.29, 1.82) is 0 Å². The van der Waals surface area contributed by atoms with Crippen LogP contribution in [0.5, 0.6) is 0 Å². The van der Waals surface area contributed by atoms with Crippen LogP contribution in [0.2, 0.25) is 0 Å². The molecule has 2 saturated heterocycles. The Balaban J connectivity index is 1.16. The number of allylic oxidation sites excluding steroid dienone is 1. The summed E-state index contributed by atoms with van der Waals surface area (Å²) in [5, 5.41) is 0. The molecule has 2 aromatic rings. The van der Waals surface area contributed by atoms with Crippen LogP contribution in [0.4, 0.5) is 0 Å². The molecule has 0 aromatic heterocycles. The normalized spacial score (nSPS) is 27.3. The van der Waals surface area contributed by atoms with Crippen LogP contribution in [-0.2, 0) is 13.0 Å². The quantitative estimate of drug-likeness (QED) is 0.669. The van der Waals surface area contributed by atoms with Crippen molar-refractivity contribution in [1.82, 2.24) is 9.80 Å². The van der Waals surface area contributed by atoms with Gasteiger partial charge in [0.15, 0.2) is 0 Å². The molecule has 0 saturated carbocycles. The molecule has 152 valence electrons. The fraction of sp³-hybridized carbons (Fsp3) is 0.481. The van der Waals surface area contributed by atoms with E-state index in [9.17, 15) is 0 Å². The van der Waals surface area contributed by atoms with E-state index < -0.39 is 0 Å². The van der Waals surface area contributed by atoms with Crippen molar-refractivity contribution in [2.24, 2.45) is 11.8 Å². The molecule has 2 aromatic carbocycles. The monoisotopic (exact) mass is 386 g/mol. The van der Waals surface area contributed by atoms with Crippen LogP contribution >= 0.6 is 0 Å². The van der Waals surface area contributed by atoms with Gasteiger partial charge in [-0.3, -0.25) is 4.90 Å². The maximum absolute atomic E-state index is 2.65. The molecule has 0 radical (unpaired) electrons. The third-order valence-electron chi connectivity index (χ3n) is 7.42. The van der Waals surface area contributed by atoms with Crippen molar-refractivity contribution in [3.63, 3.8) is 0 Å². The first kappa shape index (κ1) is 19.1. The summed E-state index contributed by atoms with van der Waals surface area (Å²) in [7, 11) is 0. The van der Waals surface area contributed by atoms with Crippen molar-refractivity contribution in [2.45, 2.75) is 45.2 Å². The second-order valence-electron chi connectivity index (χ2n) is 9.47. The second kappa shape index (κ2) is 8.45. The summed E-state index contributed by atoms with van der Waals surface area (Å²) in [5.74, 6) is 1.55. The summed E-state index contributed by atoms with van der Waals surface area (Å²) in [5.41, 5.74) is 5.96. The fourth-order valence-corrected chi connectivity index (χ4v) is 5.67. The van der Waals surface area contributed by atoms with Gasteiger partial charge in [-0.1, -0.05) is 60.7 Å². The fourth-order valence-electron chi connectivity index (χ4n) is 5.67. The molecular formula is C27H34N2. The SMILES string of the molecule is CC1CCCN1CCc1ccc(C2=CC3CN(Cc4ccccc4)CC3C2)cc1. The van der Waals surface area contributed by atoms with Gasteiger partial charge in [-0.15, -0.1) is 0 Å². The lowest BCUT2D eigenvalue weighted by Gasteiger charge is -2.20. The van der Waals surface area contributed by atoms with Gasteiger partial charge in [0.25, 0.3) is 0 Å². The van der Waals surface area contributed by atoms with E-state index in [-0.39, 0.29) is 0 Å². The van der Waals surface area contributed by atoms with Gasteiger partial charge in [0, 0.05) is 32.2 Å². The van der Waals surface area contributed by atoms with Crippen LogP contribution in [-0.4, -0.2) is 42.0 Å². The number of likely N-dealkylation sites (tertiary alicyclic amines) is 2. The molecule has 3 aliphatic rings. The Morgan fingerprint density at radius 3 is 2.48 bits per heavy atom. The second-order valence-corrected chi connectivity index (χ2v) is 9.47. The number of nitrogens with zero attached hydrogens (tertiary/aromatic N) is 2. The van der Waals surface area contributed by atoms with Gasteiger partial charge in [0.05, 0.1) is 0 Å². The minimum atomic E-state index is 0.741. The van der Waals surface area contributed by atoms with E-state index in [0.717, 1.165) is 24.4 Å². The third kappa shape index (κ3) is 4.34. The van der Waals surface area contributed by atoms with Gasteiger partial charge in [0.2, 0.25) is 0 Å². The van der Waals surface area contributed by atoms with E-state index in [2.05, 4.69) is 77.4 Å². The van der Waals surface area contributed by atoms with E-state index in [1.165, 1.54) is 68.6 Å². The lowest BCUT2D eigenvalue weighted by molar-refractivity contribution is 0.272. The summed E-state index contributed by atoms with van der Waals surface area (Å²) >= 11 is 0. The topological polar surface area (TPSA) is 6.48 Å². The number of fused-ring (bicyclic) bond motifs is 1. The first-order valence-electron chi connectivity index (χ1n) is 11.5. The standard InChI is InChI=1S/C27H34N2/c1-21-6-5-14-29(21)15-13-22-9-11-24(12-10-22)25-16-26-19-28(20-27(26)17-25)18-23-7-3-2-4-8-23/h2-4,7-12,16,21,26-27H,5-6,13-15,17-20H2,1H3. The van der Waals surface area contributed by atoms with Gasteiger partial charge in [-0.2, -0.15) is 0 Å². The van der Waals surface area contributed by atoms with Crippen LogP contribution in [0.3, 0.4) is 0 Å². The Bertz CT molecular complexity index is 839. The lowest BCUT2D eigenvalue weighted by Crippen LogP contribution is -2.28. The van der Waals surface area contributed by atoms with Crippen LogP contribution in [0.25, 0.3) is 5.57 Å². The van der Waals surface area contributed by atoms with Gasteiger partial charge in [-0.05, 0) is 73.3 Å². The zero-order valence-corrected chi connectivity index (χ0v) is 17.8. The molecule has 1 aliphatic carbocycles. The first-order valence-corrected chi connectivity index (χ1v) is 11.5. The van der Waals surface area contributed by atoms with Gasteiger partial charge in [-0.25, -0.2) is 0 Å². The Kier molecular flexibility index (Phi) is 5.56. The van der Waals surface area contributed by atoms with E-state index >= 15 is 0 Å². The summed E-state index contributed by atoms with van der Waals surface area (Å²) in [6, 6.07) is 21.2. The van der Waals surface area contributed by atoms with E-state index in [0.29, 0.717) is 0 Å². The molecule has 0 spiro atoms. The molecule has 2 aliphatic heterocycles. The summed E-state index contributed by atoms with van der Waals surface area (Å²) in [4.78, 5) is 5.29. The van der Waals surface area contributed by atoms with Crippen molar-refractivity contribution in [3.05, 3.63) is 77.4 Å². The van der Waals surface area contributed by atoms with Crippen molar-refractivity contribution in [3.8, 4) is 0 Å². The minimum absolute atomic E-state index is 0.741. The highest BCUT2D eigenvalue weighted by Crippen LogP contribution is 2.41. The summed E-state index contributed by atoms with van der Waals surface area (Å²) < 4.78 is 0. The molecule has 3 unspecified atom stereocenters. The number of hydrogen-bond acceptors (Lipinski definition) is 2. The molecule has 2 heteroatoms. The van der Waals surface area contributed by atoms with E-state index in [4.69, 9.17) is 0 Å². The zero-order valence-electron chi connectivity index (χ0n) is 17.8. The highest BCUT2D eigenvalue weighted by Gasteiger charge is 2.36. The largest absolute Gasteiger partial charge is 0.300 e. The third-order valence-corrected chi connectivity index (χ3v) is 7.42. The maximum atomic E-state index is 2.65. The Hall–Kier alpha value is -1.90. The highest BCUT2D eigenvalue weighted by atomic mass is 15.2. The zero-order chi connectivity index (χ0) is 19.6. The van der Waals surface area contributed by atoms with Crippen molar-refractivity contribution in [2.75, 3.05) is 26.2 Å². The molecule has 29 heavy (non-hydrogen) atoms. The number of benzene rings is 2. The Labute approximate surface area is 176 Å². The van der Waals surface area contributed by atoms with Gasteiger partial charge >= 0.3 is 0 Å². The smallest absolute Gasteiger partial charge is 0.0234 e. The summed E-state index contributed by atoms with van der Waals surface area (Å²) in [6.07, 6.45) is 7.76. The molecule has 2 fully saturated rings. The molecule has 2 heterocycles. The molecular weight excluding hydrogens is 352 g/mol. The Morgan fingerprint density at radius 1 is 0.931 bits per heavy atom. The average Bonchev–Trinajstić information content (AvgIpc) is 3.42. The predicted octanol–water partition coefficient (Wildman–Crippen LogP) is 5.25. The predicted molar refractivity (Wildman–Crippen MR) is 122 cm³/mol. The van der Waals surface area contributed by atoms with Crippen LogP contribution in [0.15, 0.2) is 60.7 Å². The minimum Gasteiger partial charge on any atom is -0.300 e. The molecule has 5 rings (SSSR count). The Morgan fingerprint density at radius 2 is 1.76 bits per heavy atom. The van der Waals surface area contributed by atoms with Gasteiger partial charge < -0.3 is 4.90 Å². The van der Waals surface area contributed by atoms with Gasteiger partial charge in [0.1, 0.15) is 0 Å². The van der Waals surface area contributed by atoms with E-state index in [1.54, 1.807) is 5.57 Å². The summed E-state index contributed by atoms with van der Waals surface area (Å²) in [6.45, 7) is 8.43. The maximum Gasteiger partial charge on any atom is 0.0234 e. The molecule has 0 N–H and O–H groups in total. The average molecular weight is 387 g/mol. The van der Waals surface area contributed by atoms with E-state index in [1.807, 2.05) is 0 Å². The molecule has 3 atom stereocenters. The molecule has 2 nitrogen and oxygen atoms in total.